The molecule has 2 rings (SSSR count). The summed E-state index contributed by atoms with van der Waals surface area (Å²) in [5.74, 6) is -0.109. The number of hydrogen-bond donors (Lipinski definition) is 1. The summed E-state index contributed by atoms with van der Waals surface area (Å²) in [4.78, 5) is 16.2. The Morgan fingerprint density at radius 1 is 1.35 bits per heavy atom. The summed E-state index contributed by atoms with van der Waals surface area (Å²) < 4.78 is 15.9. The van der Waals surface area contributed by atoms with Crippen molar-refractivity contribution < 1.29 is 19.0 Å². The standard InChI is InChI=1S/C18H32N4O4/c1-4-5-8-13-26-17(23)16-9-6-7-11-21(16)14-19-22-12-10-15(20-22)18(24-2)25-3/h10,12,16,18-19H,4-9,11,13-14H2,1-3H3/t16-/m0/s1. The first-order chi connectivity index (χ1) is 12.7. The molecule has 1 aromatic heterocycles. The zero-order valence-corrected chi connectivity index (χ0v) is 16.1. The summed E-state index contributed by atoms with van der Waals surface area (Å²) in [6.07, 6.45) is 7.45. The number of carbonyl (C=O) groups is 1. The van der Waals surface area contributed by atoms with Gasteiger partial charge in [-0.15, -0.1) is 0 Å². The van der Waals surface area contributed by atoms with Gasteiger partial charge in [-0.25, -0.2) is 0 Å². The van der Waals surface area contributed by atoms with E-state index in [2.05, 4.69) is 22.3 Å². The molecule has 1 N–H and O–H groups in total. The number of likely N-dealkylation sites (tertiary alicyclic amines) is 1. The van der Waals surface area contributed by atoms with Gasteiger partial charge in [0.1, 0.15) is 11.7 Å². The van der Waals surface area contributed by atoms with Crippen LogP contribution in [0, 0.1) is 0 Å². The SMILES string of the molecule is CCCCCOC(=O)[C@@H]1CCCCN1CNn1ccc(C(OC)OC)n1. The Morgan fingerprint density at radius 3 is 2.88 bits per heavy atom. The van der Waals surface area contributed by atoms with Gasteiger partial charge in [0.2, 0.25) is 6.29 Å². The van der Waals surface area contributed by atoms with E-state index in [1.54, 1.807) is 19.0 Å². The predicted molar refractivity (Wildman–Crippen MR) is 98.0 cm³/mol. The number of methoxy groups -OCH3 is 2. The second-order valence-corrected chi connectivity index (χ2v) is 6.50. The van der Waals surface area contributed by atoms with Crippen LogP contribution in [0.3, 0.4) is 0 Å². The third-order valence-electron chi connectivity index (χ3n) is 4.59. The lowest BCUT2D eigenvalue weighted by Gasteiger charge is -2.34. The minimum absolute atomic E-state index is 0.109. The van der Waals surface area contributed by atoms with Crippen molar-refractivity contribution in [2.24, 2.45) is 0 Å². The largest absolute Gasteiger partial charge is 0.465 e. The van der Waals surface area contributed by atoms with Gasteiger partial charge in [-0.05, 0) is 25.3 Å². The van der Waals surface area contributed by atoms with E-state index in [1.165, 1.54) is 0 Å². The Labute approximate surface area is 155 Å². The van der Waals surface area contributed by atoms with Crippen molar-refractivity contribution in [3.8, 4) is 0 Å². The Kier molecular flexibility index (Phi) is 8.87. The molecular weight excluding hydrogens is 336 g/mol. The lowest BCUT2D eigenvalue weighted by molar-refractivity contribution is -0.151. The zero-order chi connectivity index (χ0) is 18.8. The summed E-state index contributed by atoms with van der Waals surface area (Å²) in [6.45, 7) is 4.05. The molecule has 0 unspecified atom stereocenters. The molecule has 0 saturated carbocycles. The maximum atomic E-state index is 12.4. The van der Waals surface area contributed by atoms with Gasteiger partial charge in [-0.2, -0.15) is 9.89 Å². The third-order valence-corrected chi connectivity index (χ3v) is 4.59. The lowest BCUT2D eigenvalue weighted by atomic mass is 10.0. The highest BCUT2D eigenvalue weighted by molar-refractivity contribution is 5.75. The summed E-state index contributed by atoms with van der Waals surface area (Å²) in [5.41, 5.74) is 3.90. The van der Waals surface area contributed by atoms with E-state index in [1.807, 2.05) is 12.3 Å². The second kappa shape index (κ2) is 11.2. The van der Waals surface area contributed by atoms with Crippen LogP contribution in [0.1, 0.15) is 57.4 Å². The number of rotatable bonds is 11. The quantitative estimate of drug-likeness (QED) is 0.365. The highest BCUT2D eigenvalue weighted by atomic mass is 16.7. The van der Waals surface area contributed by atoms with Crippen LogP contribution in [-0.4, -0.2) is 60.8 Å². The van der Waals surface area contributed by atoms with Crippen LogP contribution < -0.4 is 5.43 Å². The van der Waals surface area contributed by atoms with E-state index in [0.29, 0.717) is 19.0 Å². The monoisotopic (exact) mass is 368 g/mol. The minimum Gasteiger partial charge on any atom is -0.465 e. The van der Waals surface area contributed by atoms with E-state index in [4.69, 9.17) is 14.2 Å². The number of hydrogen-bond acceptors (Lipinski definition) is 7. The first-order valence-corrected chi connectivity index (χ1v) is 9.45. The fourth-order valence-corrected chi connectivity index (χ4v) is 3.12. The molecule has 1 aliphatic rings. The molecule has 148 valence electrons. The smallest absolute Gasteiger partial charge is 0.323 e. The van der Waals surface area contributed by atoms with Gasteiger partial charge < -0.3 is 14.2 Å². The van der Waals surface area contributed by atoms with E-state index in [9.17, 15) is 4.79 Å². The molecule has 0 aromatic carbocycles. The summed E-state index contributed by atoms with van der Waals surface area (Å²) in [6, 6.07) is 1.65. The maximum Gasteiger partial charge on any atom is 0.323 e. The topological polar surface area (TPSA) is 77.9 Å². The van der Waals surface area contributed by atoms with Crippen molar-refractivity contribution in [3.63, 3.8) is 0 Å². The molecule has 0 radical (unpaired) electrons. The number of piperidine rings is 1. The van der Waals surface area contributed by atoms with Gasteiger partial charge in [0.25, 0.3) is 0 Å². The average molecular weight is 368 g/mol. The molecule has 2 heterocycles. The predicted octanol–water partition coefficient (Wildman–Crippen LogP) is 2.26. The van der Waals surface area contributed by atoms with Crippen LogP contribution in [0.2, 0.25) is 0 Å². The Hall–Kier alpha value is -1.64. The summed E-state index contributed by atoms with van der Waals surface area (Å²) in [5, 5.41) is 4.39. The lowest BCUT2D eigenvalue weighted by Crippen LogP contribution is -2.48. The number of esters is 1. The van der Waals surface area contributed by atoms with Crippen molar-refractivity contribution in [3.05, 3.63) is 18.0 Å². The van der Waals surface area contributed by atoms with Crippen molar-refractivity contribution >= 4 is 5.97 Å². The van der Waals surface area contributed by atoms with E-state index in [0.717, 1.165) is 45.1 Å². The molecule has 1 aromatic rings. The number of ether oxygens (including phenoxy) is 3. The molecule has 1 fully saturated rings. The second-order valence-electron chi connectivity index (χ2n) is 6.50. The van der Waals surface area contributed by atoms with Crippen LogP contribution in [-0.2, 0) is 19.0 Å². The molecule has 1 atom stereocenters. The highest BCUT2D eigenvalue weighted by Crippen LogP contribution is 2.18. The van der Waals surface area contributed by atoms with Gasteiger partial charge in [0.15, 0.2) is 0 Å². The average Bonchev–Trinajstić information content (AvgIpc) is 3.13. The number of aromatic nitrogens is 2. The van der Waals surface area contributed by atoms with Crippen molar-refractivity contribution in [1.82, 2.24) is 14.8 Å². The fraction of sp³-hybridized carbons (Fsp3) is 0.778. The number of unbranched alkanes of at least 4 members (excludes halogenated alkanes) is 2. The Morgan fingerprint density at radius 2 is 2.15 bits per heavy atom. The summed E-state index contributed by atoms with van der Waals surface area (Å²) in [7, 11) is 3.15. The molecule has 0 spiro atoms. The molecule has 0 amide bonds. The Bertz CT molecular complexity index is 533. The van der Waals surface area contributed by atoms with Crippen LogP contribution in [0.4, 0.5) is 0 Å². The maximum absolute atomic E-state index is 12.4. The van der Waals surface area contributed by atoms with Crippen LogP contribution in [0.15, 0.2) is 12.3 Å². The van der Waals surface area contributed by atoms with Crippen LogP contribution in [0.25, 0.3) is 0 Å². The van der Waals surface area contributed by atoms with Gasteiger partial charge in [-0.1, -0.05) is 26.2 Å². The molecule has 8 heteroatoms. The molecule has 0 bridgehead atoms. The molecule has 26 heavy (non-hydrogen) atoms. The van der Waals surface area contributed by atoms with Crippen molar-refractivity contribution in [2.75, 3.05) is 39.5 Å². The van der Waals surface area contributed by atoms with Crippen molar-refractivity contribution in [2.45, 2.75) is 57.8 Å². The van der Waals surface area contributed by atoms with Gasteiger partial charge >= 0.3 is 5.97 Å². The third kappa shape index (κ3) is 5.96. The normalized spacial score (nSPS) is 18.2. The molecule has 1 aliphatic heterocycles. The number of nitrogens with zero attached hydrogens (tertiary/aromatic N) is 3. The zero-order valence-electron chi connectivity index (χ0n) is 16.1. The van der Waals surface area contributed by atoms with Gasteiger partial charge in [-0.3, -0.25) is 15.1 Å². The van der Waals surface area contributed by atoms with Crippen molar-refractivity contribution in [1.29, 1.82) is 0 Å². The molecule has 0 aliphatic carbocycles. The Balaban J connectivity index is 1.85. The van der Waals surface area contributed by atoms with E-state index >= 15 is 0 Å². The molecule has 8 nitrogen and oxygen atoms in total. The van der Waals surface area contributed by atoms with Crippen LogP contribution in [0.5, 0.6) is 0 Å². The first kappa shape index (κ1) is 20.7. The number of nitrogens with one attached hydrogen (secondary N) is 1. The highest BCUT2D eigenvalue weighted by Gasteiger charge is 2.29. The molecular formula is C18H32N4O4. The number of carbonyl (C=O) groups excluding carboxylic acids is 1. The molecule has 1 saturated heterocycles. The van der Waals surface area contributed by atoms with Gasteiger partial charge in [0.05, 0.1) is 13.3 Å². The van der Waals surface area contributed by atoms with Crippen LogP contribution >= 0.6 is 0 Å². The van der Waals surface area contributed by atoms with E-state index in [-0.39, 0.29) is 12.0 Å². The summed E-state index contributed by atoms with van der Waals surface area (Å²) >= 11 is 0. The fourth-order valence-electron chi connectivity index (χ4n) is 3.12. The first-order valence-electron chi connectivity index (χ1n) is 9.45. The van der Waals surface area contributed by atoms with E-state index < -0.39 is 6.29 Å². The van der Waals surface area contributed by atoms with Gasteiger partial charge in [0, 0.05) is 27.0 Å². The minimum atomic E-state index is -0.487.